The topological polar surface area (TPSA) is 74.6 Å². The van der Waals surface area contributed by atoms with Crippen molar-refractivity contribution in [2.75, 3.05) is 0 Å². The van der Waals surface area contributed by atoms with E-state index < -0.39 is 0 Å². The van der Waals surface area contributed by atoms with Crippen LogP contribution in [0.1, 0.15) is 0 Å². The highest BCUT2D eigenvalue weighted by atomic mass is 16.3. The van der Waals surface area contributed by atoms with Crippen LogP contribution in [0.15, 0.2) is 199 Å². The molecular formula is C54H32N6O. The van der Waals surface area contributed by atoms with Gasteiger partial charge in [-0.1, -0.05) is 164 Å². The van der Waals surface area contributed by atoms with Gasteiger partial charge in [-0.25, -0.2) is 9.97 Å². The summed E-state index contributed by atoms with van der Waals surface area (Å²) in [5.41, 5.74) is 9.20. The van der Waals surface area contributed by atoms with Crippen LogP contribution in [-0.2, 0) is 0 Å². The average Bonchev–Trinajstić information content (AvgIpc) is 4.02. The minimum absolute atomic E-state index is 0.534. The number of benzene rings is 9. The molecule has 13 aromatic rings. The molecule has 0 fully saturated rings. The molecule has 7 heteroatoms. The Bertz CT molecular complexity index is 3820. The summed E-state index contributed by atoms with van der Waals surface area (Å²) in [4.78, 5) is 20.8. The second kappa shape index (κ2) is 13.0. The van der Waals surface area contributed by atoms with Crippen LogP contribution in [0, 0.1) is 0 Å². The van der Waals surface area contributed by atoms with Crippen molar-refractivity contribution < 1.29 is 4.42 Å². The lowest BCUT2D eigenvalue weighted by Gasteiger charge is -2.13. The third-order valence-electron chi connectivity index (χ3n) is 12.0. The van der Waals surface area contributed by atoms with Crippen LogP contribution in [0.5, 0.6) is 0 Å². The fraction of sp³-hybridized carbons (Fsp3) is 0. The first-order chi connectivity index (χ1) is 30.3. The minimum atomic E-state index is 0.534. The maximum Gasteiger partial charge on any atom is 0.238 e. The number of fused-ring (bicyclic) bond motifs is 11. The highest BCUT2D eigenvalue weighted by molar-refractivity contribution is 6.24. The summed E-state index contributed by atoms with van der Waals surface area (Å²) >= 11 is 0. The van der Waals surface area contributed by atoms with E-state index in [-0.39, 0.29) is 0 Å². The molecule has 0 aliphatic carbocycles. The third-order valence-corrected chi connectivity index (χ3v) is 12.0. The van der Waals surface area contributed by atoms with Gasteiger partial charge in [0.15, 0.2) is 17.2 Å². The molecule has 0 aliphatic heterocycles. The van der Waals surface area contributed by atoms with E-state index in [1.165, 1.54) is 10.8 Å². The van der Waals surface area contributed by atoms with Crippen molar-refractivity contribution in [2.45, 2.75) is 0 Å². The van der Waals surface area contributed by atoms with Crippen molar-refractivity contribution in [3.05, 3.63) is 194 Å². The zero-order chi connectivity index (χ0) is 40.0. The fourth-order valence-electron chi connectivity index (χ4n) is 9.31. The van der Waals surface area contributed by atoms with Crippen LogP contribution in [0.2, 0.25) is 0 Å². The molecule has 13 rings (SSSR count). The Hall–Kier alpha value is -8.42. The second-order valence-corrected chi connectivity index (χ2v) is 15.4. The number of rotatable bonds is 5. The highest BCUT2D eigenvalue weighted by Gasteiger charge is 2.25. The molecule has 4 aromatic heterocycles. The highest BCUT2D eigenvalue weighted by Crippen LogP contribution is 2.44. The Morgan fingerprint density at radius 3 is 1.59 bits per heavy atom. The molecule has 0 amide bonds. The second-order valence-electron chi connectivity index (χ2n) is 15.4. The Balaban J connectivity index is 1.14. The zero-order valence-electron chi connectivity index (χ0n) is 32.6. The zero-order valence-corrected chi connectivity index (χ0v) is 32.6. The van der Waals surface area contributed by atoms with Crippen LogP contribution in [-0.4, -0.2) is 29.1 Å². The molecule has 0 aliphatic rings. The molecule has 284 valence electrons. The normalized spacial score (nSPS) is 11.9. The first-order valence-electron chi connectivity index (χ1n) is 20.4. The summed E-state index contributed by atoms with van der Waals surface area (Å²) in [5, 5.41) is 9.02. The SMILES string of the molecule is c1ccc(-c2nc(-c3ccccc3)nc(-n3c4ccccc4c4ccc5c6ccccc6n(-c6cccc7nc(-c8cc9ccccc9c9ccccc89)oc67)c5c43)n2)cc1. The maximum atomic E-state index is 7.01. The summed E-state index contributed by atoms with van der Waals surface area (Å²) in [6.07, 6.45) is 0. The number of hydrogen-bond acceptors (Lipinski definition) is 5. The van der Waals surface area contributed by atoms with Gasteiger partial charge in [0, 0.05) is 38.2 Å². The van der Waals surface area contributed by atoms with Gasteiger partial charge in [-0.2, -0.15) is 9.97 Å². The van der Waals surface area contributed by atoms with Crippen molar-refractivity contribution in [1.29, 1.82) is 0 Å². The lowest BCUT2D eigenvalue weighted by Crippen LogP contribution is -2.07. The van der Waals surface area contributed by atoms with E-state index in [0.29, 0.717) is 29.1 Å². The van der Waals surface area contributed by atoms with Crippen LogP contribution in [0.4, 0.5) is 0 Å². The lowest BCUT2D eigenvalue weighted by molar-refractivity contribution is 0.619. The summed E-state index contributed by atoms with van der Waals surface area (Å²) in [5.74, 6) is 2.31. The maximum absolute atomic E-state index is 7.01. The number of oxazole rings is 1. The van der Waals surface area contributed by atoms with Crippen LogP contribution in [0.25, 0.3) is 122 Å². The number of hydrogen-bond donors (Lipinski definition) is 0. The Kier molecular flexibility index (Phi) is 7.17. The fourth-order valence-corrected chi connectivity index (χ4v) is 9.31. The molecule has 0 saturated carbocycles. The molecule has 0 atom stereocenters. The molecule has 7 nitrogen and oxygen atoms in total. The monoisotopic (exact) mass is 780 g/mol. The van der Waals surface area contributed by atoms with Gasteiger partial charge in [0.05, 0.1) is 27.8 Å². The molecule has 0 saturated heterocycles. The van der Waals surface area contributed by atoms with Crippen molar-refractivity contribution in [1.82, 2.24) is 29.1 Å². The summed E-state index contributed by atoms with van der Waals surface area (Å²) in [7, 11) is 0. The van der Waals surface area contributed by atoms with E-state index >= 15 is 0 Å². The Labute approximate surface area is 348 Å². The van der Waals surface area contributed by atoms with Gasteiger partial charge in [-0.15, -0.1) is 0 Å². The Morgan fingerprint density at radius 1 is 0.377 bits per heavy atom. The third kappa shape index (κ3) is 5.04. The standard InChI is InChI=1S/C54H32N6O/c1-3-16-33(17-4-1)51-56-52(34-18-5-2-6-19-34)58-54(57-51)60-46-28-14-12-25-40(46)42-31-30-41-39-24-11-13-27-45(39)59(48(41)49(42)60)47-29-15-26-44-50(47)61-53(55-44)43-32-35-20-7-8-21-36(35)37-22-9-10-23-38(37)43/h1-32H. The largest absolute Gasteiger partial charge is 0.434 e. The van der Waals surface area contributed by atoms with Crippen molar-refractivity contribution >= 4 is 76.3 Å². The number of para-hydroxylation sites is 3. The molecule has 4 heterocycles. The van der Waals surface area contributed by atoms with Crippen LogP contribution < -0.4 is 0 Å². The Morgan fingerprint density at radius 2 is 0.918 bits per heavy atom. The lowest BCUT2D eigenvalue weighted by atomic mass is 9.97. The van der Waals surface area contributed by atoms with E-state index in [1.54, 1.807) is 0 Å². The first kappa shape index (κ1) is 33.5. The van der Waals surface area contributed by atoms with E-state index in [1.807, 2.05) is 66.7 Å². The molecule has 0 bridgehead atoms. The first-order valence-corrected chi connectivity index (χ1v) is 20.4. The molecule has 0 N–H and O–H groups in total. The molecule has 0 unspecified atom stereocenters. The van der Waals surface area contributed by atoms with Crippen LogP contribution >= 0.6 is 0 Å². The van der Waals surface area contributed by atoms with Crippen molar-refractivity contribution in [2.24, 2.45) is 0 Å². The summed E-state index contributed by atoms with van der Waals surface area (Å²) in [6.45, 7) is 0. The molecular weight excluding hydrogens is 749 g/mol. The van der Waals surface area contributed by atoms with Crippen molar-refractivity contribution in [3.8, 4) is 45.9 Å². The van der Waals surface area contributed by atoms with Crippen LogP contribution in [0.3, 0.4) is 0 Å². The number of aromatic nitrogens is 6. The summed E-state index contributed by atoms with van der Waals surface area (Å²) in [6, 6.07) is 67.3. The van der Waals surface area contributed by atoms with Gasteiger partial charge in [-0.3, -0.25) is 4.57 Å². The van der Waals surface area contributed by atoms with E-state index in [2.05, 4.69) is 137 Å². The van der Waals surface area contributed by atoms with E-state index in [9.17, 15) is 0 Å². The van der Waals surface area contributed by atoms with Gasteiger partial charge >= 0.3 is 0 Å². The van der Waals surface area contributed by atoms with E-state index in [0.717, 1.165) is 82.3 Å². The predicted octanol–water partition coefficient (Wildman–Crippen LogP) is 13.5. The van der Waals surface area contributed by atoms with Gasteiger partial charge in [-0.05, 0) is 51.9 Å². The summed E-state index contributed by atoms with van der Waals surface area (Å²) < 4.78 is 11.6. The van der Waals surface area contributed by atoms with Gasteiger partial charge < -0.3 is 8.98 Å². The quantitative estimate of drug-likeness (QED) is 0.163. The van der Waals surface area contributed by atoms with Gasteiger partial charge in [0.25, 0.3) is 0 Å². The average molecular weight is 781 g/mol. The number of nitrogens with zero attached hydrogens (tertiary/aromatic N) is 6. The molecule has 61 heavy (non-hydrogen) atoms. The molecule has 9 aromatic carbocycles. The van der Waals surface area contributed by atoms with Gasteiger partial charge in [0.1, 0.15) is 5.52 Å². The van der Waals surface area contributed by atoms with Gasteiger partial charge in [0.2, 0.25) is 11.8 Å². The molecule has 0 radical (unpaired) electrons. The smallest absolute Gasteiger partial charge is 0.238 e. The molecule has 0 spiro atoms. The predicted molar refractivity (Wildman–Crippen MR) is 247 cm³/mol. The van der Waals surface area contributed by atoms with E-state index in [4.69, 9.17) is 24.4 Å². The van der Waals surface area contributed by atoms with Crippen molar-refractivity contribution in [3.63, 3.8) is 0 Å². The minimum Gasteiger partial charge on any atom is -0.434 e.